The largest absolute Gasteiger partial charge is 0.337 e. The molecular weight excluding hydrogens is 296 g/mol. The van der Waals surface area contributed by atoms with E-state index in [0.29, 0.717) is 0 Å². The second kappa shape index (κ2) is 7.93. The maximum Gasteiger partial charge on any atom is 0.246 e. The Hall–Kier alpha value is -2.39. The summed E-state index contributed by atoms with van der Waals surface area (Å²) >= 11 is 0. The molecule has 1 amide bonds. The minimum Gasteiger partial charge on any atom is -0.337 e. The highest BCUT2D eigenvalue weighted by molar-refractivity contribution is 5.91. The van der Waals surface area contributed by atoms with E-state index in [4.69, 9.17) is 0 Å². The molecule has 0 aliphatic carbocycles. The van der Waals surface area contributed by atoms with Crippen LogP contribution in [0.15, 0.2) is 60.7 Å². The number of hydrogen-bond acceptors (Lipinski definition) is 2. The third kappa shape index (κ3) is 4.56. The second-order valence-electron chi connectivity index (χ2n) is 6.33. The first kappa shape index (κ1) is 16.5. The van der Waals surface area contributed by atoms with Crippen LogP contribution in [0.3, 0.4) is 0 Å². The minimum atomic E-state index is 0.106. The molecule has 0 spiro atoms. The molecule has 0 atom stereocenters. The Bertz CT molecular complexity index is 701. The van der Waals surface area contributed by atoms with Gasteiger partial charge in [-0.1, -0.05) is 60.2 Å². The van der Waals surface area contributed by atoms with Gasteiger partial charge in [-0.2, -0.15) is 0 Å². The first-order valence-electron chi connectivity index (χ1n) is 8.51. The monoisotopic (exact) mass is 320 g/mol. The number of hydrogen-bond donors (Lipinski definition) is 0. The first-order valence-corrected chi connectivity index (χ1v) is 8.51. The van der Waals surface area contributed by atoms with E-state index in [2.05, 4.69) is 36.1 Å². The van der Waals surface area contributed by atoms with Crippen LogP contribution >= 0.6 is 0 Å². The summed E-state index contributed by atoms with van der Waals surface area (Å²) in [6.45, 7) is 6.54. The smallest absolute Gasteiger partial charge is 0.246 e. The van der Waals surface area contributed by atoms with E-state index in [1.807, 2.05) is 41.3 Å². The lowest BCUT2D eigenvalue weighted by atomic mass is 10.1. The van der Waals surface area contributed by atoms with E-state index in [-0.39, 0.29) is 5.91 Å². The molecule has 1 heterocycles. The van der Waals surface area contributed by atoms with Gasteiger partial charge >= 0.3 is 0 Å². The number of rotatable bonds is 4. The summed E-state index contributed by atoms with van der Waals surface area (Å²) in [6, 6.07) is 18.6. The van der Waals surface area contributed by atoms with Gasteiger partial charge in [0.1, 0.15) is 0 Å². The van der Waals surface area contributed by atoms with Gasteiger partial charge in [-0.15, -0.1) is 0 Å². The summed E-state index contributed by atoms with van der Waals surface area (Å²) in [5, 5.41) is 0. The zero-order valence-electron chi connectivity index (χ0n) is 14.2. The number of aryl methyl sites for hydroxylation is 1. The summed E-state index contributed by atoms with van der Waals surface area (Å²) in [5.74, 6) is 0.106. The Balaban J connectivity index is 1.49. The molecule has 2 aromatic carbocycles. The molecule has 0 aromatic heterocycles. The number of carbonyl (C=O) groups is 1. The van der Waals surface area contributed by atoms with Gasteiger partial charge in [0.05, 0.1) is 0 Å². The Morgan fingerprint density at radius 3 is 2.46 bits per heavy atom. The summed E-state index contributed by atoms with van der Waals surface area (Å²) in [4.78, 5) is 16.7. The molecule has 3 rings (SSSR count). The molecular formula is C21H24N2O. The average Bonchev–Trinajstić information content (AvgIpc) is 2.61. The van der Waals surface area contributed by atoms with Crippen LogP contribution in [0.4, 0.5) is 0 Å². The first-order chi connectivity index (χ1) is 11.7. The fourth-order valence-electron chi connectivity index (χ4n) is 3.03. The summed E-state index contributed by atoms with van der Waals surface area (Å²) < 4.78 is 0. The summed E-state index contributed by atoms with van der Waals surface area (Å²) in [6.07, 6.45) is 3.58. The van der Waals surface area contributed by atoms with Gasteiger partial charge in [0.25, 0.3) is 0 Å². The predicted octanol–water partition coefficient (Wildman–Crippen LogP) is 3.35. The fraction of sp³-hybridized carbons (Fsp3) is 0.286. The molecule has 0 saturated carbocycles. The standard InChI is InChI=1S/C21H24N2O/c1-18-6-5-9-20(16-18)17-22-12-14-23(15-13-22)21(24)11-10-19-7-3-2-4-8-19/h2-11,16H,12-15,17H2,1H3. The molecule has 1 aliphatic heterocycles. The summed E-state index contributed by atoms with van der Waals surface area (Å²) in [5.41, 5.74) is 3.70. The van der Waals surface area contributed by atoms with Gasteiger partial charge in [-0.05, 0) is 24.1 Å². The quantitative estimate of drug-likeness (QED) is 0.807. The number of nitrogens with zero attached hydrogens (tertiary/aromatic N) is 2. The Labute approximate surface area is 144 Å². The van der Waals surface area contributed by atoms with Gasteiger partial charge in [-0.25, -0.2) is 0 Å². The van der Waals surface area contributed by atoms with Gasteiger partial charge in [0, 0.05) is 38.8 Å². The highest BCUT2D eigenvalue weighted by Crippen LogP contribution is 2.11. The van der Waals surface area contributed by atoms with E-state index < -0.39 is 0 Å². The van der Waals surface area contributed by atoms with Crippen molar-refractivity contribution >= 4 is 12.0 Å². The molecule has 24 heavy (non-hydrogen) atoms. The number of amides is 1. The van der Waals surface area contributed by atoms with Crippen molar-refractivity contribution in [3.8, 4) is 0 Å². The van der Waals surface area contributed by atoms with Crippen molar-refractivity contribution < 1.29 is 4.79 Å². The third-order valence-corrected chi connectivity index (χ3v) is 4.39. The van der Waals surface area contributed by atoms with Crippen molar-refractivity contribution in [1.82, 2.24) is 9.80 Å². The van der Waals surface area contributed by atoms with Gasteiger partial charge in [-0.3, -0.25) is 9.69 Å². The molecule has 3 nitrogen and oxygen atoms in total. The molecule has 0 radical (unpaired) electrons. The van der Waals surface area contributed by atoms with Crippen molar-refractivity contribution in [2.24, 2.45) is 0 Å². The lowest BCUT2D eigenvalue weighted by Gasteiger charge is -2.34. The number of piperazine rings is 1. The van der Waals surface area contributed by atoms with Gasteiger partial charge < -0.3 is 4.90 Å². The second-order valence-corrected chi connectivity index (χ2v) is 6.33. The Kier molecular flexibility index (Phi) is 5.44. The molecule has 0 unspecified atom stereocenters. The molecule has 1 fully saturated rings. The van der Waals surface area contributed by atoms with Crippen molar-refractivity contribution in [3.05, 3.63) is 77.4 Å². The Morgan fingerprint density at radius 1 is 1.00 bits per heavy atom. The Morgan fingerprint density at radius 2 is 1.75 bits per heavy atom. The van der Waals surface area contributed by atoms with Crippen LogP contribution in [-0.2, 0) is 11.3 Å². The third-order valence-electron chi connectivity index (χ3n) is 4.39. The molecule has 3 heteroatoms. The zero-order chi connectivity index (χ0) is 16.8. The van der Waals surface area contributed by atoms with E-state index in [1.165, 1.54) is 11.1 Å². The SMILES string of the molecule is Cc1cccc(CN2CCN(C(=O)C=Cc3ccccc3)CC2)c1. The molecule has 124 valence electrons. The molecule has 0 N–H and O–H groups in total. The van der Waals surface area contributed by atoms with Crippen LogP contribution < -0.4 is 0 Å². The average molecular weight is 320 g/mol. The molecule has 1 saturated heterocycles. The van der Waals surface area contributed by atoms with E-state index in [9.17, 15) is 4.79 Å². The minimum absolute atomic E-state index is 0.106. The van der Waals surface area contributed by atoms with Crippen molar-refractivity contribution in [3.63, 3.8) is 0 Å². The fourth-order valence-corrected chi connectivity index (χ4v) is 3.03. The van der Waals surface area contributed by atoms with E-state index >= 15 is 0 Å². The van der Waals surface area contributed by atoms with Crippen molar-refractivity contribution in [1.29, 1.82) is 0 Å². The predicted molar refractivity (Wildman–Crippen MR) is 98.5 cm³/mol. The van der Waals surface area contributed by atoms with Crippen LogP contribution in [0.1, 0.15) is 16.7 Å². The van der Waals surface area contributed by atoms with Crippen LogP contribution in [0.2, 0.25) is 0 Å². The number of benzene rings is 2. The van der Waals surface area contributed by atoms with Crippen molar-refractivity contribution in [2.75, 3.05) is 26.2 Å². The maximum atomic E-state index is 12.3. The zero-order valence-corrected chi connectivity index (χ0v) is 14.2. The number of carbonyl (C=O) groups excluding carboxylic acids is 1. The summed E-state index contributed by atoms with van der Waals surface area (Å²) in [7, 11) is 0. The lowest BCUT2D eigenvalue weighted by molar-refractivity contribution is -0.127. The van der Waals surface area contributed by atoms with Crippen LogP contribution in [0.5, 0.6) is 0 Å². The topological polar surface area (TPSA) is 23.6 Å². The molecule has 2 aromatic rings. The van der Waals surface area contributed by atoms with Gasteiger partial charge in [0.15, 0.2) is 0 Å². The maximum absolute atomic E-state index is 12.3. The molecule has 0 bridgehead atoms. The highest BCUT2D eigenvalue weighted by Gasteiger charge is 2.19. The lowest BCUT2D eigenvalue weighted by Crippen LogP contribution is -2.47. The molecule has 1 aliphatic rings. The van der Waals surface area contributed by atoms with Crippen LogP contribution in [0.25, 0.3) is 6.08 Å². The van der Waals surface area contributed by atoms with Crippen molar-refractivity contribution in [2.45, 2.75) is 13.5 Å². The van der Waals surface area contributed by atoms with Crippen LogP contribution in [-0.4, -0.2) is 41.9 Å². The van der Waals surface area contributed by atoms with E-state index in [0.717, 1.165) is 38.3 Å². The van der Waals surface area contributed by atoms with E-state index in [1.54, 1.807) is 6.08 Å². The van der Waals surface area contributed by atoms with Gasteiger partial charge in [0.2, 0.25) is 5.91 Å². The van der Waals surface area contributed by atoms with Crippen LogP contribution in [0, 0.1) is 6.92 Å². The normalized spacial score (nSPS) is 15.8. The highest BCUT2D eigenvalue weighted by atomic mass is 16.2.